The minimum Gasteiger partial charge on any atom is -0.465 e. The van der Waals surface area contributed by atoms with Crippen molar-refractivity contribution in [3.05, 3.63) is 65.5 Å². The highest BCUT2D eigenvalue weighted by Gasteiger charge is 2.32. The second-order valence-corrected chi connectivity index (χ2v) is 9.09. The summed E-state index contributed by atoms with van der Waals surface area (Å²) < 4.78 is 15.2. The number of carbonyl (C=O) groups excluding carboxylic acids is 4. The van der Waals surface area contributed by atoms with Crippen molar-refractivity contribution < 1.29 is 33.4 Å². The molecule has 1 aromatic rings. The van der Waals surface area contributed by atoms with Crippen molar-refractivity contribution >= 4 is 29.6 Å². The molecule has 0 bridgehead atoms. The van der Waals surface area contributed by atoms with Crippen molar-refractivity contribution in [2.24, 2.45) is 0 Å². The summed E-state index contributed by atoms with van der Waals surface area (Å²) in [7, 11) is 2.43. The molecule has 3 rings (SSSR count). The average molecular weight is 498 g/mol. The van der Waals surface area contributed by atoms with Gasteiger partial charge in [-0.15, -0.1) is 0 Å². The van der Waals surface area contributed by atoms with Gasteiger partial charge in [-0.3, -0.25) is 4.79 Å². The summed E-state index contributed by atoms with van der Waals surface area (Å²) in [5.41, 5.74) is 0.0121. The highest BCUT2D eigenvalue weighted by Crippen LogP contribution is 2.30. The molecule has 2 aliphatic rings. The van der Waals surface area contributed by atoms with Gasteiger partial charge >= 0.3 is 18.0 Å². The van der Waals surface area contributed by atoms with E-state index in [-0.39, 0.29) is 17.2 Å². The maximum absolute atomic E-state index is 13.6. The lowest BCUT2D eigenvalue weighted by Crippen LogP contribution is -2.51. The summed E-state index contributed by atoms with van der Waals surface area (Å²) in [6.07, 6.45) is 5.84. The molecule has 0 aromatic heterocycles. The smallest absolute Gasteiger partial charge is 0.410 e. The molecule has 0 N–H and O–H groups in total. The number of piperazine rings is 1. The van der Waals surface area contributed by atoms with Gasteiger partial charge in [-0.1, -0.05) is 18.2 Å². The third-order valence-electron chi connectivity index (χ3n) is 5.50. The molecule has 10 nitrogen and oxygen atoms in total. The first kappa shape index (κ1) is 26.5. The first-order valence-electron chi connectivity index (χ1n) is 11.5. The SMILES string of the molecule is COC(=O)C1=C(C(=O)OC)N(c2ccccc2C(=O)N2CCN(C(=O)OC(C)(C)C)CC2)C=CC=C1. The van der Waals surface area contributed by atoms with Crippen molar-refractivity contribution in [3.8, 4) is 0 Å². The molecular formula is C26H31N3O7. The minimum absolute atomic E-state index is 0.0115. The predicted octanol–water partition coefficient (Wildman–Crippen LogP) is 2.87. The van der Waals surface area contributed by atoms with Crippen LogP contribution < -0.4 is 4.90 Å². The number of amides is 2. The molecule has 0 saturated carbocycles. The lowest BCUT2D eigenvalue weighted by molar-refractivity contribution is -0.139. The standard InChI is InChI=1S/C26H31N3O7/c1-26(2,3)36-25(33)28-16-14-27(15-17-28)22(30)18-10-6-7-12-20(18)29-13-9-8-11-19(23(31)34-4)21(29)24(32)35-5/h6-13H,14-17H2,1-5H3. The Kier molecular flexibility index (Phi) is 8.18. The molecule has 36 heavy (non-hydrogen) atoms. The van der Waals surface area contributed by atoms with E-state index in [1.807, 2.05) is 0 Å². The van der Waals surface area contributed by atoms with Gasteiger partial charge in [0, 0.05) is 32.4 Å². The van der Waals surface area contributed by atoms with E-state index < -0.39 is 23.6 Å². The van der Waals surface area contributed by atoms with Crippen molar-refractivity contribution in [3.63, 3.8) is 0 Å². The van der Waals surface area contributed by atoms with E-state index in [4.69, 9.17) is 14.2 Å². The number of anilines is 1. The fraction of sp³-hybridized carbons (Fsp3) is 0.385. The number of ether oxygens (including phenoxy) is 3. The van der Waals surface area contributed by atoms with Gasteiger partial charge in [0.1, 0.15) is 11.3 Å². The predicted molar refractivity (Wildman–Crippen MR) is 132 cm³/mol. The van der Waals surface area contributed by atoms with E-state index in [1.54, 1.807) is 73.2 Å². The molecule has 1 aromatic carbocycles. The maximum Gasteiger partial charge on any atom is 0.410 e. The fourth-order valence-electron chi connectivity index (χ4n) is 3.80. The Morgan fingerprint density at radius 1 is 0.833 bits per heavy atom. The Hall–Kier alpha value is -4.08. The van der Waals surface area contributed by atoms with Crippen LogP contribution in [0.2, 0.25) is 0 Å². The van der Waals surface area contributed by atoms with E-state index >= 15 is 0 Å². The molecular weight excluding hydrogens is 466 g/mol. The number of nitrogens with zero attached hydrogens (tertiary/aromatic N) is 3. The quantitative estimate of drug-likeness (QED) is 0.462. The van der Waals surface area contributed by atoms with Gasteiger partial charge in [-0.05, 0) is 45.1 Å². The van der Waals surface area contributed by atoms with Gasteiger partial charge in [-0.2, -0.15) is 0 Å². The second-order valence-electron chi connectivity index (χ2n) is 9.09. The van der Waals surface area contributed by atoms with E-state index in [1.165, 1.54) is 25.2 Å². The van der Waals surface area contributed by atoms with Crippen LogP contribution in [-0.2, 0) is 23.8 Å². The normalized spacial score (nSPS) is 16.0. The monoisotopic (exact) mass is 497 g/mol. The number of hydrogen-bond donors (Lipinski definition) is 0. The zero-order valence-corrected chi connectivity index (χ0v) is 21.1. The average Bonchev–Trinajstić information content (AvgIpc) is 3.09. The maximum atomic E-state index is 13.6. The fourth-order valence-corrected chi connectivity index (χ4v) is 3.80. The van der Waals surface area contributed by atoms with E-state index in [0.29, 0.717) is 37.4 Å². The molecule has 10 heteroatoms. The van der Waals surface area contributed by atoms with Crippen LogP contribution in [0.15, 0.2) is 60.0 Å². The molecule has 2 aliphatic heterocycles. The third-order valence-corrected chi connectivity index (χ3v) is 5.50. The van der Waals surface area contributed by atoms with Crippen LogP contribution in [-0.4, -0.2) is 79.7 Å². The molecule has 0 unspecified atom stereocenters. The van der Waals surface area contributed by atoms with Crippen LogP contribution in [0.4, 0.5) is 10.5 Å². The molecule has 0 aliphatic carbocycles. The van der Waals surface area contributed by atoms with Crippen molar-refractivity contribution in [1.29, 1.82) is 0 Å². The number of esters is 2. The number of allylic oxidation sites excluding steroid dienone is 2. The topological polar surface area (TPSA) is 106 Å². The second kappa shape index (κ2) is 11.1. The summed E-state index contributed by atoms with van der Waals surface area (Å²) in [4.78, 5) is 55.8. The molecule has 0 atom stereocenters. The lowest BCUT2D eigenvalue weighted by atomic mass is 10.1. The first-order chi connectivity index (χ1) is 17.1. The summed E-state index contributed by atoms with van der Waals surface area (Å²) in [5, 5.41) is 0. The summed E-state index contributed by atoms with van der Waals surface area (Å²) in [6.45, 7) is 6.70. The van der Waals surface area contributed by atoms with Crippen molar-refractivity contribution in [2.45, 2.75) is 26.4 Å². The summed E-state index contributed by atoms with van der Waals surface area (Å²) in [5.74, 6) is -1.76. The van der Waals surface area contributed by atoms with Crippen molar-refractivity contribution in [1.82, 2.24) is 9.80 Å². The number of rotatable bonds is 4. The number of methoxy groups -OCH3 is 2. The van der Waals surface area contributed by atoms with Gasteiger partial charge in [-0.25, -0.2) is 14.4 Å². The van der Waals surface area contributed by atoms with Crippen LogP contribution in [0.1, 0.15) is 31.1 Å². The molecule has 2 heterocycles. The minimum atomic E-state index is -0.764. The number of para-hydroxylation sites is 1. The molecule has 1 fully saturated rings. The van der Waals surface area contributed by atoms with Gasteiger partial charge in [0.05, 0.1) is 31.0 Å². The van der Waals surface area contributed by atoms with Gasteiger partial charge in [0.2, 0.25) is 0 Å². The Balaban J connectivity index is 1.90. The number of carbonyl (C=O) groups is 4. The van der Waals surface area contributed by atoms with Gasteiger partial charge in [0.15, 0.2) is 0 Å². The summed E-state index contributed by atoms with van der Waals surface area (Å²) in [6, 6.07) is 6.77. The van der Waals surface area contributed by atoms with Crippen LogP contribution in [0, 0.1) is 0 Å². The van der Waals surface area contributed by atoms with Gasteiger partial charge < -0.3 is 28.9 Å². The molecule has 0 spiro atoms. The third kappa shape index (κ3) is 5.94. The summed E-state index contributed by atoms with van der Waals surface area (Å²) >= 11 is 0. The molecule has 192 valence electrons. The zero-order chi connectivity index (χ0) is 26.5. The van der Waals surface area contributed by atoms with Crippen LogP contribution >= 0.6 is 0 Å². The Morgan fingerprint density at radius 2 is 1.44 bits per heavy atom. The van der Waals surface area contributed by atoms with Crippen LogP contribution in [0.5, 0.6) is 0 Å². The highest BCUT2D eigenvalue weighted by molar-refractivity contribution is 6.07. The molecule has 0 radical (unpaired) electrons. The van der Waals surface area contributed by atoms with E-state index in [0.717, 1.165) is 0 Å². The lowest BCUT2D eigenvalue weighted by Gasteiger charge is -2.36. The number of hydrogen-bond acceptors (Lipinski definition) is 8. The highest BCUT2D eigenvalue weighted by atomic mass is 16.6. The number of benzene rings is 1. The Bertz CT molecular complexity index is 1120. The Morgan fingerprint density at radius 3 is 2.06 bits per heavy atom. The largest absolute Gasteiger partial charge is 0.465 e. The van der Waals surface area contributed by atoms with E-state index in [2.05, 4.69) is 0 Å². The van der Waals surface area contributed by atoms with Gasteiger partial charge in [0.25, 0.3) is 5.91 Å². The molecule has 1 saturated heterocycles. The van der Waals surface area contributed by atoms with E-state index in [9.17, 15) is 19.2 Å². The first-order valence-corrected chi connectivity index (χ1v) is 11.5. The Labute approximate surface area is 210 Å². The van der Waals surface area contributed by atoms with Crippen LogP contribution in [0.3, 0.4) is 0 Å². The zero-order valence-electron chi connectivity index (χ0n) is 21.1. The molecule has 2 amide bonds. The van der Waals surface area contributed by atoms with Crippen molar-refractivity contribution in [2.75, 3.05) is 45.3 Å². The van der Waals surface area contributed by atoms with Crippen LogP contribution in [0.25, 0.3) is 0 Å².